The number of anilines is 1. The fourth-order valence-electron chi connectivity index (χ4n) is 2.30. The molecule has 23 heavy (non-hydrogen) atoms. The zero-order valence-electron chi connectivity index (χ0n) is 13.8. The number of thioether (sulfide) groups is 1. The highest BCUT2D eigenvalue weighted by molar-refractivity contribution is 8.00. The Balaban J connectivity index is 2.10. The van der Waals surface area contributed by atoms with Gasteiger partial charge in [-0.05, 0) is 17.7 Å². The number of benzene rings is 2. The van der Waals surface area contributed by atoms with Crippen LogP contribution in [0, 0.1) is 5.92 Å². The van der Waals surface area contributed by atoms with Crippen LogP contribution in [-0.2, 0) is 4.79 Å². The Morgan fingerprint density at radius 2 is 1.61 bits per heavy atom. The number of nitrogens with one attached hydrogen (secondary N) is 1. The molecule has 4 heteroatoms. The standard InChI is InChI=1S/C19H24N2OS/c1-13(2)23-17-12-8-7-11-16(17)21-19(22)14(3)18(20)15-9-5-4-6-10-15/h4-14,18H,20H2,1-3H3,(H,21,22). The van der Waals surface area contributed by atoms with Crippen LogP contribution in [-0.4, -0.2) is 11.2 Å². The quantitative estimate of drug-likeness (QED) is 0.770. The lowest BCUT2D eigenvalue weighted by Crippen LogP contribution is -2.30. The summed E-state index contributed by atoms with van der Waals surface area (Å²) in [5.41, 5.74) is 8.07. The van der Waals surface area contributed by atoms with Gasteiger partial charge in [0.15, 0.2) is 0 Å². The highest BCUT2D eigenvalue weighted by Gasteiger charge is 2.22. The van der Waals surface area contributed by atoms with E-state index in [1.165, 1.54) is 0 Å². The molecule has 2 aromatic carbocycles. The molecule has 0 heterocycles. The number of para-hydroxylation sites is 1. The van der Waals surface area contributed by atoms with Gasteiger partial charge in [0, 0.05) is 16.2 Å². The Morgan fingerprint density at radius 1 is 1.00 bits per heavy atom. The van der Waals surface area contributed by atoms with Crippen LogP contribution in [0.1, 0.15) is 32.4 Å². The molecule has 0 bridgehead atoms. The molecule has 0 aromatic heterocycles. The summed E-state index contributed by atoms with van der Waals surface area (Å²) in [5.74, 6) is -0.368. The van der Waals surface area contributed by atoms with Crippen LogP contribution < -0.4 is 11.1 Å². The Morgan fingerprint density at radius 3 is 2.26 bits per heavy atom. The van der Waals surface area contributed by atoms with Crippen molar-refractivity contribution >= 4 is 23.4 Å². The van der Waals surface area contributed by atoms with Gasteiger partial charge in [-0.15, -0.1) is 11.8 Å². The molecule has 2 atom stereocenters. The van der Waals surface area contributed by atoms with E-state index in [4.69, 9.17) is 5.73 Å². The normalized spacial score (nSPS) is 13.6. The third-order valence-corrected chi connectivity index (χ3v) is 4.73. The van der Waals surface area contributed by atoms with Crippen LogP contribution >= 0.6 is 11.8 Å². The van der Waals surface area contributed by atoms with Gasteiger partial charge in [-0.25, -0.2) is 0 Å². The average molecular weight is 328 g/mol. The summed E-state index contributed by atoms with van der Waals surface area (Å²) < 4.78 is 0. The van der Waals surface area contributed by atoms with E-state index in [1.54, 1.807) is 11.8 Å². The van der Waals surface area contributed by atoms with Crippen molar-refractivity contribution in [2.75, 3.05) is 5.32 Å². The van der Waals surface area contributed by atoms with E-state index in [0.29, 0.717) is 5.25 Å². The topological polar surface area (TPSA) is 55.1 Å². The van der Waals surface area contributed by atoms with E-state index in [-0.39, 0.29) is 17.9 Å². The van der Waals surface area contributed by atoms with Crippen molar-refractivity contribution < 1.29 is 4.79 Å². The van der Waals surface area contributed by atoms with Crippen molar-refractivity contribution in [3.05, 3.63) is 60.2 Å². The smallest absolute Gasteiger partial charge is 0.229 e. The largest absolute Gasteiger partial charge is 0.325 e. The van der Waals surface area contributed by atoms with E-state index in [2.05, 4.69) is 19.2 Å². The molecule has 0 fully saturated rings. The van der Waals surface area contributed by atoms with Gasteiger partial charge in [-0.3, -0.25) is 4.79 Å². The van der Waals surface area contributed by atoms with Gasteiger partial charge in [0.1, 0.15) is 0 Å². The highest BCUT2D eigenvalue weighted by atomic mass is 32.2. The molecule has 0 saturated carbocycles. The number of hydrogen-bond acceptors (Lipinski definition) is 3. The second kappa shape index (κ2) is 8.18. The van der Waals surface area contributed by atoms with Crippen LogP contribution in [0.15, 0.2) is 59.5 Å². The van der Waals surface area contributed by atoms with Crippen LogP contribution in [0.3, 0.4) is 0 Å². The molecule has 2 rings (SSSR count). The fourth-order valence-corrected chi connectivity index (χ4v) is 3.21. The van der Waals surface area contributed by atoms with Crippen molar-refractivity contribution in [2.45, 2.75) is 37.0 Å². The summed E-state index contributed by atoms with van der Waals surface area (Å²) in [6.07, 6.45) is 0. The van der Waals surface area contributed by atoms with Crippen LogP contribution in [0.2, 0.25) is 0 Å². The summed E-state index contributed by atoms with van der Waals surface area (Å²) in [4.78, 5) is 13.6. The molecule has 2 aromatic rings. The second-order valence-electron chi connectivity index (χ2n) is 5.88. The maximum absolute atomic E-state index is 12.6. The third kappa shape index (κ3) is 4.85. The first kappa shape index (κ1) is 17.6. The molecule has 2 unspecified atom stereocenters. The number of nitrogens with two attached hydrogens (primary N) is 1. The van der Waals surface area contributed by atoms with E-state index >= 15 is 0 Å². The number of hydrogen-bond donors (Lipinski definition) is 2. The molecule has 0 aliphatic heterocycles. The SMILES string of the molecule is CC(C)Sc1ccccc1NC(=O)C(C)C(N)c1ccccc1. The van der Waals surface area contributed by atoms with E-state index in [1.807, 2.05) is 61.5 Å². The number of amides is 1. The van der Waals surface area contributed by atoms with E-state index in [0.717, 1.165) is 16.1 Å². The Hall–Kier alpha value is -1.78. The zero-order chi connectivity index (χ0) is 16.8. The number of carbonyl (C=O) groups excluding carboxylic acids is 1. The molecule has 0 radical (unpaired) electrons. The van der Waals surface area contributed by atoms with Gasteiger partial charge in [0.25, 0.3) is 0 Å². The lowest BCUT2D eigenvalue weighted by Gasteiger charge is -2.21. The Kier molecular flexibility index (Phi) is 6.25. The minimum Gasteiger partial charge on any atom is -0.325 e. The molecule has 3 N–H and O–H groups in total. The van der Waals surface area contributed by atoms with Crippen molar-refractivity contribution in [3.8, 4) is 0 Å². The minimum absolute atomic E-state index is 0.0573. The molecule has 0 spiro atoms. The van der Waals surface area contributed by atoms with Crippen LogP contribution in [0.5, 0.6) is 0 Å². The summed E-state index contributed by atoms with van der Waals surface area (Å²) in [6, 6.07) is 17.3. The van der Waals surface area contributed by atoms with Crippen LogP contribution in [0.25, 0.3) is 0 Å². The summed E-state index contributed by atoms with van der Waals surface area (Å²) in [7, 11) is 0. The average Bonchev–Trinajstić information content (AvgIpc) is 2.55. The first-order valence-electron chi connectivity index (χ1n) is 7.86. The number of carbonyl (C=O) groups is 1. The van der Waals surface area contributed by atoms with Crippen molar-refractivity contribution in [1.29, 1.82) is 0 Å². The monoisotopic (exact) mass is 328 g/mol. The second-order valence-corrected chi connectivity index (χ2v) is 7.50. The van der Waals surface area contributed by atoms with Gasteiger partial charge in [-0.2, -0.15) is 0 Å². The van der Waals surface area contributed by atoms with Crippen molar-refractivity contribution in [2.24, 2.45) is 11.7 Å². The summed E-state index contributed by atoms with van der Waals surface area (Å²) in [6.45, 7) is 6.14. The molecule has 3 nitrogen and oxygen atoms in total. The lowest BCUT2D eigenvalue weighted by atomic mass is 9.94. The van der Waals surface area contributed by atoms with Gasteiger partial charge >= 0.3 is 0 Å². The zero-order valence-corrected chi connectivity index (χ0v) is 14.6. The fraction of sp³-hybridized carbons (Fsp3) is 0.316. The molecular formula is C19H24N2OS. The summed E-state index contributed by atoms with van der Waals surface area (Å²) >= 11 is 1.74. The van der Waals surface area contributed by atoms with Crippen LogP contribution in [0.4, 0.5) is 5.69 Å². The van der Waals surface area contributed by atoms with Gasteiger partial charge in [0.05, 0.1) is 11.6 Å². The van der Waals surface area contributed by atoms with Crippen molar-refractivity contribution in [3.63, 3.8) is 0 Å². The lowest BCUT2D eigenvalue weighted by molar-refractivity contribution is -0.120. The Labute approximate surface area is 142 Å². The van der Waals surface area contributed by atoms with Gasteiger partial charge < -0.3 is 11.1 Å². The first-order valence-corrected chi connectivity index (χ1v) is 8.74. The molecule has 0 aliphatic rings. The molecule has 0 saturated heterocycles. The third-order valence-electron chi connectivity index (χ3n) is 3.64. The molecule has 1 amide bonds. The predicted molar refractivity (Wildman–Crippen MR) is 98.6 cm³/mol. The predicted octanol–water partition coefficient (Wildman–Crippen LogP) is 4.46. The molecular weight excluding hydrogens is 304 g/mol. The van der Waals surface area contributed by atoms with Gasteiger partial charge in [-0.1, -0.05) is 63.2 Å². The van der Waals surface area contributed by atoms with Crippen molar-refractivity contribution in [1.82, 2.24) is 0 Å². The molecule has 122 valence electrons. The maximum atomic E-state index is 12.6. The van der Waals surface area contributed by atoms with E-state index < -0.39 is 0 Å². The molecule has 0 aliphatic carbocycles. The Bertz CT molecular complexity index is 643. The van der Waals surface area contributed by atoms with Gasteiger partial charge in [0.2, 0.25) is 5.91 Å². The number of rotatable bonds is 6. The summed E-state index contributed by atoms with van der Waals surface area (Å²) in [5, 5.41) is 3.48. The highest BCUT2D eigenvalue weighted by Crippen LogP contribution is 2.31. The van der Waals surface area contributed by atoms with E-state index in [9.17, 15) is 4.79 Å². The first-order chi connectivity index (χ1) is 11.0. The maximum Gasteiger partial charge on any atom is 0.229 e. The minimum atomic E-state index is -0.318.